The summed E-state index contributed by atoms with van der Waals surface area (Å²) in [6, 6.07) is 9.84. The van der Waals surface area contributed by atoms with Crippen LogP contribution in [0.2, 0.25) is 0 Å². The van der Waals surface area contributed by atoms with E-state index < -0.39 is 0 Å². The maximum atomic E-state index is 9.02. The van der Waals surface area contributed by atoms with Gasteiger partial charge in [-0.1, -0.05) is 12.1 Å². The zero-order chi connectivity index (χ0) is 11.4. The molecule has 0 spiro atoms. The molecular weight excluding hydrogens is 220 g/mol. The number of anilines is 1. The fraction of sp³-hybridized carbons (Fsp3) is 0.250. The average Bonchev–Trinajstić information content (AvgIpc) is 2.82. The van der Waals surface area contributed by atoms with E-state index in [1.54, 1.807) is 11.3 Å². The quantitative estimate of drug-likeness (QED) is 0.881. The SMILES string of the molecule is CN(Cc1cccs1)c1cccc(CO)n1. The third-order valence-electron chi connectivity index (χ3n) is 2.32. The molecular formula is C12H14N2OS. The first-order valence-corrected chi connectivity index (χ1v) is 5.98. The number of thiophene rings is 1. The smallest absolute Gasteiger partial charge is 0.128 e. The van der Waals surface area contributed by atoms with Crippen LogP contribution in [-0.4, -0.2) is 17.1 Å². The van der Waals surface area contributed by atoms with E-state index in [9.17, 15) is 0 Å². The summed E-state index contributed by atoms with van der Waals surface area (Å²) in [6.45, 7) is 0.834. The summed E-state index contributed by atoms with van der Waals surface area (Å²) < 4.78 is 0. The van der Waals surface area contributed by atoms with Gasteiger partial charge in [-0.05, 0) is 23.6 Å². The largest absolute Gasteiger partial charge is 0.390 e. The van der Waals surface area contributed by atoms with Crippen molar-refractivity contribution in [3.63, 3.8) is 0 Å². The number of hydrogen-bond donors (Lipinski definition) is 1. The maximum Gasteiger partial charge on any atom is 0.128 e. The fourth-order valence-electron chi connectivity index (χ4n) is 1.48. The molecule has 1 N–H and O–H groups in total. The van der Waals surface area contributed by atoms with Crippen molar-refractivity contribution in [1.29, 1.82) is 0 Å². The Morgan fingerprint density at radius 1 is 1.31 bits per heavy atom. The number of hydrogen-bond acceptors (Lipinski definition) is 4. The highest BCUT2D eigenvalue weighted by Crippen LogP contribution is 2.16. The molecule has 0 atom stereocenters. The van der Waals surface area contributed by atoms with Crippen LogP contribution in [0, 0.1) is 0 Å². The van der Waals surface area contributed by atoms with Crippen molar-refractivity contribution < 1.29 is 5.11 Å². The Balaban J connectivity index is 2.11. The first-order valence-electron chi connectivity index (χ1n) is 5.10. The highest BCUT2D eigenvalue weighted by atomic mass is 32.1. The number of aliphatic hydroxyl groups is 1. The van der Waals surface area contributed by atoms with Gasteiger partial charge in [0.25, 0.3) is 0 Å². The third kappa shape index (κ3) is 2.59. The van der Waals surface area contributed by atoms with Gasteiger partial charge >= 0.3 is 0 Å². The first-order chi connectivity index (χ1) is 7.79. The zero-order valence-electron chi connectivity index (χ0n) is 9.13. The van der Waals surface area contributed by atoms with E-state index in [0.29, 0.717) is 5.69 Å². The Bertz CT molecular complexity index is 442. The molecule has 84 valence electrons. The molecule has 0 bridgehead atoms. The lowest BCUT2D eigenvalue weighted by Gasteiger charge is -2.17. The summed E-state index contributed by atoms with van der Waals surface area (Å²) in [5, 5.41) is 11.1. The zero-order valence-corrected chi connectivity index (χ0v) is 9.94. The van der Waals surface area contributed by atoms with Crippen LogP contribution in [0.3, 0.4) is 0 Å². The van der Waals surface area contributed by atoms with E-state index >= 15 is 0 Å². The molecule has 0 radical (unpaired) electrons. The Hall–Kier alpha value is -1.39. The van der Waals surface area contributed by atoms with Crippen LogP contribution in [-0.2, 0) is 13.2 Å². The molecule has 0 unspecified atom stereocenters. The molecule has 0 aliphatic heterocycles. The molecule has 2 rings (SSSR count). The molecule has 0 saturated heterocycles. The topological polar surface area (TPSA) is 36.4 Å². The minimum absolute atomic E-state index is 0.0132. The van der Waals surface area contributed by atoms with Gasteiger partial charge in [-0.15, -0.1) is 11.3 Å². The molecule has 3 nitrogen and oxygen atoms in total. The monoisotopic (exact) mass is 234 g/mol. The maximum absolute atomic E-state index is 9.02. The molecule has 4 heteroatoms. The summed E-state index contributed by atoms with van der Waals surface area (Å²) in [6.07, 6.45) is 0. The number of pyridine rings is 1. The van der Waals surface area contributed by atoms with Crippen molar-refractivity contribution >= 4 is 17.2 Å². The van der Waals surface area contributed by atoms with Gasteiger partial charge in [0.2, 0.25) is 0 Å². The van der Waals surface area contributed by atoms with Crippen LogP contribution in [0.15, 0.2) is 35.7 Å². The molecule has 0 aromatic carbocycles. The number of aliphatic hydroxyl groups excluding tert-OH is 1. The Morgan fingerprint density at radius 3 is 2.88 bits per heavy atom. The van der Waals surface area contributed by atoms with Crippen molar-refractivity contribution in [3.05, 3.63) is 46.3 Å². The predicted molar refractivity (Wildman–Crippen MR) is 66.6 cm³/mol. The van der Waals surface area contributed by atoms with Gasteiger partial charge in [0.05, 0.1) is 18.8 Å². The minimum Gasteiger partial charge on any atom is -0.390 e. The van der Waals surface area contributed by atoms with Crippen molar-refractivity contribution in [1.82, 2.24) is 4.98 Å². The lowest BCUT2D eigenvalue weighted by atomic mass is 10.3. The number of rotatable bonds is 4. The number of nitrogens with zero attached hydrogens (tertiary/aromatic N) is 2. The van der Waals surface area contributed by atoms with Crippen LogP contribution in [0.25, 0.3) is 0 Å². The van der Waals surface area contributed by atoms with Crippen LogP contribution >= 0.6 is 11.3 Å². The van der Waals surface area contributed by atoms with E-state index in [1.807, 2.05) is 31.3 Å². The highest BCUT2D eigenvalue weighted by molar-refractivity contribution is 7.09. The second kappa shape index (κ2) is 5.09. The van der Waals surface area contributed by atoms with Gasteiger partial charge in [0, 0.05) is 11.9 Å². The van der Waals surface area contributed by atoms with Crippen molar-refractivity contribution in [2.45, 2.75) is 13.2 Å². The van der Waals surface area contributed by atoms with E-state index in [2.05, 4.69) is 21.3 Å². The Morgan fingerprint density at radius 2 is 2.19 bits per heavy atom. The normalized spacial score (nSPS) is 10.4. The molecule has 2 aromatic rings. The van der Waals surface area contributed by atoms with Gasteiger partial charge in [-0.3, -0.25) is 0 Å². The summed E-state index contributed by atoms with van der Waals surface area (Å²) >= 11 is 1.74. The minimum atomic E-state index is -0.0132. The van der Waals surface area contributed by atoms with Gasteiger partial charge in [0.15, 0.2) is 0 Å². The van der Waals surface area contributed by atoms with Gasteiger partial charge in [0.1, 0.15) is 5.82 Å². The molecule has 0 aliphatic rings. The lowest BCUT2D eigenvalue weighted by molar-refractivity contribution is 0.277. The van der Waals surface area contributed by atoms with Crippen molar-refractivity contribution in [2.24, 2.45) is 0 Å². The molecule has 16 heavy (non-hydrogen) atoms. The average molecular weight is 234 g/mol. The standard InChI is InChI=1S/C12H14N2OS/c1-14(8-11-5-3-7-16-11)12-6-2-4-10(9-15)13-12/h2-7,15H,8-9H2,1H3. The Kier molecular flexibility index (Phi) is 3.54. The summed E-state index contributed by atoms with van der Waals surface area (Å²) in [5.41, 5.74) is 0.704. The summed E-state index contributed by atoms with van der Waals surface area (Å²) in [5.74, 6) is 0.889. The molecule has 0 fully saturated rings. The lowest BCUT2D eigenvalue weighted by Crippen LogP contribution is -2.17. The second-order valence-electron chi connectivity index (χ2n) is 3.58. The van der Waals surface area contributed by atoms with E-state index in [-0.39, 0.29) is 6.61 Å². The van der Waals surface area contributed by atoms with E-state index in [4.69, 9.17) is 5.11 Å². The van der Waals surface area contributed by atoms with Gasteiger partial charge in [-0.25, -0.2) is 4.98 Å². The molecule has 0 amide bonds. The summed E-state index contributed by atoms with van der Waals surface area (Å²) in [7, 11) is 2.00. The Labute approximate surface area is 99.0 Å². The second-order valence-corrected chi connectivity index (χ2v) is 4.61. The van der Waals surface area contributed by atoms with Crippen molar-refractivity contribution in [2.75, 3.05) is 11.9 Å². The molecule has 0 saturated carbocycles. The van der Waals surface area contributed by atoms with Crippen LogP contribution in [0.5, 0.6) is 0 Å². The number of aromatic nitrogens is 1. The van der Waals surface area contributed by atoms with Crippen LogP contribution in [0.1, 0.15) is 10.6 Å². The van der Waals surface area contributed by atoms with Crippen LogP contribution in [0.4, 0.5) is 5.82 Å². The third-order valence-corrected chi connectivity index (χ3v) is 3.18. The molecule has 2 aromatic heterocycles. The highest BCUT2D eigenvalue weighted by Gasteiger charge is 2.04. The summed E-state index contributed by atoms with van der Waals surface area (Å²) in [4.78, 5) is 7.73. The van der Waals surface area contributed by atoms with Gasteiger partial charge in [-0.2, -0.15) is 0 Å². The molecule has 2 heterocycles. The predicted octanol–water partition coefficient (Wildman–Crippen LogP) is 2.27. The first kappa shape index (κ1) is 11.1. The van der Waals surface area contributed by atoms with E-state index in [0.717, 1.165) is 12.4 Å². The fourth-order valence-corrected chi connectivity index (χ4v) is 2.24. The van der Waals surface area contributed by atoms with Gasteiger partial charge < -0.3 is 10.0 Å². The van der Waals surface area contributed by atoms with Crippen molar-refractivity contribution in [3.8, 4) is 0 Å². The molecule has 0 aliphatic carbocycles. The van der Waals surface area contributed by atoms with Crippen LogP contribution < -0.4 is 4.90 Å². The van der Waals surface area contributed by atoms with E-state index in [1.165, 1.54) is 4.88 Å².